The first-order valence-corrected chi connectivity index (χ1v) is 8.88. The fraction of sp³-hybridized carbons (Fsp3) is 0.316. The van der Waals surface area contributed by atoms with Gasteiger partial charge in [0.25, 0.3) is 5.91 Å². The Morgan fingerprint density at radius 1 is 1.27 bits per heavy atom. The summed E-state index contributed by atoms with van der Waals surface area (Å²) >= 11 is 0. The van der Waals surface area contributed by atoms with Gasteiger partial charge in [0.05, 0.1) is 18.7 Å². The van der Waals surface area contributed by atoms with Crippen molar-refractivity contribution in [1.29, 1.82) is 0 Å². The molecule has 0 aliphatic rings. The SMILES string of the molecule is Cc1cc(C(C)NC(=O)c2ccnc(Cc3ncco3)n2)cnc1OCC(F)(F)F. The number of aryl methyl sites for hydroxylation is 1. The van der Waals surface area contributed by atoms with Crippen molar-refractivity contribution in [2.45, 2.75) is 32.5 Å². The lowest BCUT2D eigenvalue weighted by atomic mass is 10.1. The van der Waals surface area contributed by atoms with Crippen LogP contribution in [0.3, 0.4) is 0 Å². The molecule has 1 unspecified atom stereocenters. The first-order valence-electron chi connectivity index (χ1n) is 8.88. The van der Waals surface area contributed by atoms with Crippen molar-refractivity contribution in [3.05, 3.63) is 65.5 Å². The Balaban J connectivity index is 1.64. The van der Waals surface area contributed by atoms with Crippen molar-refractivity contribution in [3.8, 4) is 5.88 Å². The molecule has 1 atom stereocenters. The topological polar surface area (TPSA) is 103 Å². The highest BCUT2D eigenvalue weighted by Crippen LogP contribution is 2.22. The zero-order chi connectivity index (χ0) is 21.7. The normalized spacial score (nSPS) is 12.4. The molecule has 1 N–H and O–H groups in total. The van der Waals surface area contributed by atoms with Gasteiger partial charge in [-0.15, -0.1) is 0 Å². The second-order valence-corrected chi connectivity index (χ2v) is 6.45. The monoisotopic (exact) mass is 421 g/mol. The van der Waals surface area contributed by atoms with Gasteiger partial charge in [0, 0.05) is 18.0 Å². The van der Waals surface area contributed by atoms with Crippen LogP contribution in [0.1, 0.15) is 46.3 Å². The van der Waals surface area contributed by atoms with Crippen molar-refractivity contribution in [2.75, 3.05) is 6.61 Å². The maximum Gasteiger partial charge on any atom is 0.422 e. The number of nitrogens with one attached hydrogen (secondary N) is 1. The number of rotatable bonds is 7. The van der Waals surface area contributed by atoms with Crippen LogP contribution in [0.4, 0.5) is 13.2 Å². The van der Waals surface area contributed by atoms with Gasteiger partial charge in [-0.1, -0.05) is 0 Å². The van der Waals surface area contributed by atoms with E-state index in [0.29, 0.717) is 22.8 Å². The third kappa shape index (κ3) is 5.75. The highest BCUT2D eigenvalue weighted by molar-refractivity contribution is 5.92. The summed E-state index contributed by atoms with van der Waals surface area (Å²) < 4.78 is 46.7. The number of alkyl halides is 3. The zero-order valence-corrected chi connectivity index (χ0v) is 16.1. The van der Waals surface area contributed by atoms with Crippen molar-refractivity contribution >= 4 is 5.91 Å². The molecule has 0 aromatic carbocycles. The molecule has 30 heavy (non-hydrogen) atoms. The molecule has 1 amide bonds. The van der Waals surface area contributed by atoms with Gasteiger partial charge in [-0.25, -0.2) is 19.9 Å². The second kappa shape index (κ2) is 8.89. The second-order valence-electron chi connectivity index (χ2n) is 6.45. The van der Waals surface area contributed by atoms with Gasteiger partial charge in [0.1, 0.15) is 17.8 Å². The predicted octanol–water partition coefficient (Wildman–Crippen LogP) is 3.19. The van der Waals surface area contributed by atoms with E-state index in [9.17, 15) is 18.0 Å². The standard InChI is InChI=1S/C19H18F3N5O3/c1-11-7-13(9-25-18(11)30-10-19(20,21)22)12(2)26-17(28)14-3-4-23-15(27-14)8-16-24-5-6-29-16/h3-7,9,12H,8,10H2,1-2H3,(H,26,28). The Labute approximate surface area is 169 Å². The Kier molecular flexibility index (Phi) is 6.28. The number of pyridine rings is 1. The molecule has 0 spiro atoms. The zero-order valence-electron chi connectivity index (χ0n) is 16.1. The molecule has 3 aromatic heterocycles. The molecule has 158 valence electrons. The third-order valence-corrected chi connectivity index (χ3v) is 4.00. The molecule has 11 heteroatoms. The van der Waals surface area contributed by atoms with Gasteiger partial charge in [-0.05, 0) is 31.5 Å². The average molecular weight is 421 g/mol. The van der Waals surface area contributed by atoms with Crippen LogP contribution < -0.4 is 10.1 Å². The molecule has 0 fully saturated rings. The molecule has 0 radical (unpaired) electrons. The van der Waals surface area contributed by atoms with Crippen LogP contribution in [0.5, 0.6) is 5.88 Å². The first kappa shape index (κ1) is 21.2. The predicted molar refractivity (Wildman–Crippen MR) is 97.7 cm³/mol. The number of hydrogen-bond acceptors (Lipinski definition) is 7. The summed E-state index contributed by atoms with van der Waals surface area (Å²) in [4.78, 5) is 28.8. The lowest BCUT2D eigenvalue weighted by Crippen LogP contribution is -2.28. The van der Waals surface area contributed by atoms with Gasteiger partial charge in [0.2, 0.25) is 11.8 Å². The van der Waals surface area contributed by atoms with Gasteiger partial charge < -0.3 is 14.5 Å². The molecule has 0 aliphatic heterocycles. The smallest absolute Gasteiger partial charge is 0.422 e. The summed E-state index contributed by atoms with van der Waals surface area (Å²) in [5, 5.41) is 2.77. The molecule has 0 saturated carbocycles. The van der Waals surface area contributed by atoms with E-state index in [2.05, 4.69) is 30.0 Å². The fourth-order valence-electron chi connectivity index (χ4n) is 2.56. The number of aromatic nitrogens is 4. The Morgan fingerprint density at radius 2 is 2.07 bits per heavy atom. The summed E-state index contributed by atoms with van der Waals surface area (Å²) in [6.45, 7) is 1.88. The van der Waals surface area contributed by atoms with Crippen molar-refractivity contribution in [1.82, 2.24) is 25.3 Å². The molecule has 8 nitrogen and oxygen atoms in total. The van der Waals surface area contributed by atoms with Gasteiger partial charge >= 0.3 is 6.18 Å². The van der Waals surface area contributed by atoms with E-state index in [-0.39, 0.29) is 18.0 Å². The molecular formula is C19H18F3N5O3. The quantitative estimate of drug-likeness (QED) is 0.625. The summed E-state index contributed by atoms with van der Waals surface area (Å²) in [5.41, 5.74) is 1.19. The van der Waals surface area contributed by atoms with E-state index < -0.39 is 24.7 Å². The van der Waals surface area contributed by atoms with E-state index >= 15 is 0 Å². The van der Waals surface area contributed by atoms with Crippen LogP contribution in [0.15, 0.2) is 41.4 Å². The van der Waals surface area contributed by atoms with Crippen molar-refractivity contribution in [3.63, 3.8) is 0 Å². The number of nitrogens with zero attached hydrogens (tertiary/aromatic N) is 4. The van der Waals surface area contributed by atoms with Crippen molar-refractivity contribution < 1.29 is 27.1 Å². The number of hydrogen-bond donors (Lipinski definition) is 1. The van der Waals surface area contributed by atoms with E-state index in [1.54, 1.807) is 19.9 Å². The van der Waals surface area contributed by atoms with Crippen LogP contribution in [0.2, 0.25) is 0 Å². The number of carbonyl (C=O) groups excluding carboxylic acids is 1. The Morgan fingerprint density at radius 3 is 2.73 bits per heavy atom. The van der Waals surface area contributed by atoms with Gasteiger partial charge in [-0.3, -0.25) is 4.79 Å². The molecule has 3 aromatic rings. The van der Waals surface area contributed by atoms with Crippen LogP contribution in [-0.4, -0.2) is 38.6 Å². The van der Waals surface area contributed by atoms with Crippen molar-refractivity contribution in [2.24, 2.45) is 0 Å². The minimum Gasteiger partial charge on any atom is -0.468 e. The molecule has 3 heterocycles. The van der Waals surface area contributed by atoms with Gasteiger partial charge in [-0.2, -0.15) is 13.2 Å². The highest BCUT2D eigenvalue weighted by Gasteiger charge is 2.29. The Bertz CT molecular complexity index is 1010. The molecule has 0 saturated heterocycles. The van der Waals surface area contributed by atoms with E-state index in [1.807, 2.05) is 0 Å². The molecule has 0 aliphatic carbocycles. The van der Waals surface area contributed by atoms with Crippen LogP contribution in [-0.2, 0) is 6.42 Å². The lowest BCUT2D eigenvalue weighted by molar-refractivity contribution is -0.154. The number of amides is 1. The molecule has 3 rings (SSSR count). The summed E-state index contributed by atoms with van der Waals surface area (Å²) in [7, 11) is 0. The first-order chi connectivity index (χ1) is 14.2. The van der Waals surface area contributed by atoms with Crippen LogP contribution in [0.25, 0.3) is 0 Å². The van der Waals surface area contributed by atoms with Crippen LogP contribution in [0, 0.1) is 6.92 Å². The maximum atomic E-state index is 12.5. The minimum atomic E-state index is -4.45. The fourth-order valence-corrected chi connectivity index (χ4v) is 2.56. The van der Waals surface area contributed by atoms with E-state index in [4.69, 9.17) is 4.42 Å². The number of ether oxygens (including phenoxy) is 1. The third-order valence-electron chi connectivity index (χ3n) is 4.00. The number of carbonyl (C=O) groups is 1. The van der Waals surface area contributed by atoms with E-state index in [0.717, 1.165) is 0 Å². The highest BCUT2D eigenvalue weighted by atomic mass is 19.4. The maximum absolute atomic E-state index is 12.5. The minimum absolute atomic E-state index is 0.110. The summed E-state index contributed by atoms with van der Waals surface area (Å²) in [6, 6.07) is 2.61. The lowest BCUT2D eigenvalue weighted by Gasteiger charge is -2.16. The Hall–Kier alpha value is -3.50. The number of oxazole rings is 1. The van der Waals surface area contributed by atoms with E-state index in [1.165, 1.54) is 30.9 Å². The molecular weight excluding hydrogens is 403 g/mol. The average Bonchev–Trinajstić information content (AvgIpc) is 3.19. The van der Waals surface area contributed by atoms with Gasteiger partial charge in [0.15, 0.2) is 6.61 Å². The number of halogens is 3. The largest absolute Gasteiger partial charge is 0.468 e. The summed E-state index contributed by atoms with van der Waals surface area (Å²) in [5.74, 6) is 0.256. The van der Waals surface area contributed by atoms with Crippen LogP contribution >= 0.6 is 0 Å². The molecule has 0 bridgehead atoms. The summed E-state index contributed by atoms with van der Waals surface area (Å²) in [6.07, 6.45) is 1.55.